The SMILES string of the molecule is COc1ccc(S(=O)(=O)N(CC(=O)NCc2ccncc2)c2ccc(Cl)cc2)cc1. The number of pyridine rings is 1. The number of carbonyl (C=O) groups is 1. The molecule has 156 valence electrons. The van der Waals surface area contributed by atoms with Crippen molar-refractivity contribution in [3.8, 4) is 5.75 Å². The number of halogens is 1. The highest BCUT2D eigenvalue weighted by molar-refractivity contribution is 7.92. The molecule has 0 aliphatic heterocycles. The minimum atomic E-state index is -4.01. The Labute approximate surface area is 180 Å². The minimum Gasteiger partial charge on any atom is -0.497 e. The van der Waals surface area contributed by atoms with Crippen LogP contribution in [0.5, 0.6) is 5.75 Å². The fourth-order valence-electron chi connectivity index (χ4n) is 2.68. The van der Waals surface area contributed by atoms with E-state index < -0.39 is 15.9 Å². The van der Waals surface area contributed by atoms with Gasteiger partial charge in [0.05, 0.1) is 17.7 Å². The zero-order valence-electron chi connectivity index (χ0n) is 16.2. The molecule has 1 amide bonds. The molecule has 0 aliphatic carbocycles. The van der Waals surface area contributed by atoms with Crippen LogP contribution in [0, 0.1) is 0 Å². The van der Waals surface area contributed by atoms with Gasteiger partial charge in [-0.25, -0.2) is 8.42 Å². The summed E-state index contributed by atoms with van der Waals surface area (Å²) in [6.07, 6.45) is 3.24. The Morgan fingerprint density at radius 2 is 1.67 bits per heavy atom. The first-order chi connectivity index (χ1) is 14.4. The van der Waals surface area contributed by atoms with Crippen molar-refractivity contribution in [2.24, 2.45) is 0 Å². The number of anilines is 1. The lowest BCUT2D eigenvalue weighted by Crippen LogP contribution is -2.40. The Bertz CT molecular complexity index is 1090. The molecule has 0 radical (unpaired) electrons. The Morgan fingerprint density at radius 1 is 1.03 bits per heavy atom. The third-order valence-electron chi connectivity index (χ3n) is 4.29. The number of methoxy groups -OCH3 is 1. The fourth-order valence-corrected chi connectivity index (χ4v) is 4.23. The predicted octanol–water partition coefficient (Wildman–Crippen LogP) is 3.26. The lowest BCUT2D eigenvalue weighted by Gasteiger charge is -2.24. The van der Waals surface area contributed by atoms with E-state index in [-0.39, 0.29) is 18.0 Å². The first-order valence-electron chi connectivity index (χ1n) is 8.98. The summed E-state index contributed by atoms with van der Waals surface area (Å²) in [6.45, 7) is -0.126. The van der Waals surface area contributed by atoms with Gasteiger partial charge in [0, 0.05) is 24.0 Å². The van der Waals surface area contributed by atoms with E-state index in [1.807, 2.05) is 0 Å². The molecule has 0 aliphatic rings. The highest BCUT2D eigenvalue weighted by Crippen LogP contribution is 2.26. The summed E-state index contributed by atoms with van der Waals surface area (Å²) in [4.78, 5) is 16.5. The summed E-state index contributed by atoms with van der Waals surface area (Å²) < 4.78 is 32.7. The Balaban J connectivity index is 1.86. The number of carbonyl (C=O) groups excluding carboxylic acids is 1. The fraction of sp³-hybridized carbons (Fsp3) is 0.143. The maximum Gasteiger partial charge on any atom is 0.264 e. The van der Waals surface area contributed by atoms with Crippen LogP contribution in [0.2, 0.25) is 5.02 Å². The molecule has 0 bridgehead atoms. The molecule has 3 rings (SSSR count). The average molecular weight is 446 g/mol. The number of hydrogen-bond acceptors (Lipinski definition) is 5. The Hall–Kier alpha value is -3.10. The van der Waals surface area contributed by atoms with Crippen LogP contribution < -0.4 is 14.4 Å². The zero-order valence-corrected chi connectivity index (χ0v) is 17.7. The van der Waals surface area contributed by atoms with Crippen molar-refractivity contribution in [2.75, 3.05) is 18.0 Å². The minimum absolute atomic E-state index is 0.0418. The standard InChI is InChI=1S/C21H20ClN3O4S/c1-29-19-6-8-20(9-7-19)30(27,28)25(18-4-2-17(22)3-5-18)15-21(26)24-14-16-10-12-23-13-11-16/h2-13H,14-15H2,1H3,(H,24,26). The molecular weight excluding hydrogens is 426 g/mol. The summed E-state index contributed by atoms with van der Waals surface area (Å²) in [5.74, 6) is 0.0842. The van der Waals surface area contributed by atoms with E-state index in [1.54, 1.807) is 60.9 Å². The van der Waals surface area contributed by atoms with Gasteiger partial charge >= 0.3 is 0 Å². The van der Waals surface area contributed by atoms with Gasteiger partial charge in [-0.3, -0.25) is 14.1 Å². The van der Waals surface area contributed by atoms with Crippen molar-refractivity contribution < 1.29 is 17.9 Å². The smallest absolute Gasteiger partial charge is 0.264 e. The van der Waals surface area contributed by atoms with Gasteiger partial charge in [0.2, 0.25) is 5.91 Å². The van der Waals surface area contributed by atoms with E-state index in [0.717, 1.165) is 9.87 Å². The maximum atomic E-state index is 13.3. The summed E-state index contributed by atoms with van der Waals surface area (Å²) >= 11 is 5.94. The predicted molar refractivity (Wildman–Crippen MR) is 115 cm³/mol. The largest absolute Gasteiger partial charge is 0.497 e. The molecule has 0 saturated heterocycles. The molecule has 0 unspecified atom stereocenters. The first-order valence-corrected chi connectivity index (χ1v) is 10.8. The summed E-state index contributed by atoms with van der Waals surface area (Å²) in [7, 11) is -2.51. The Kier molecular flexibility index (Phi) is 6.91. The van der Waals surface area contributed by atoms with Gasteiger partial charge in [-0.1, -0.05) is 11.6 Å². The molecule has 7 nitrogen and oxygen atoms in total. The number of nitrogens with one attached hydrogen (secondary N) is 1. The van der Waals surface area contributed by atoms with Gasteiger partial charge in [-0.15, -0.1) is 0 Å². The van der Waals surface area contributed by atoms with Gasteiger partial charge < -0.3 is 10.1 Å². The maximum absolute atomic E-state index is 13.3. The first kappa shape index (κ1) is 21.6. The van der Waals surface area contributed by atoms with Crippen molar-refractivity contribution in [1.82, 2.24) is 10.3 Å². The number of benzene rings is 2. The third-order valence-corrected chi connectivity index (χ3v) is 6.33. The van der Waals surface area contributed by atoms with Crippen molar-refractivity contribution in [2.45, 2.75) is 11.4 Å². The van der Waals surface area contributed by atoms with Gasteiger partial charge in [0.25, 0.3) is 10.0 Å². The van der Waals surface area contributed by atoms with Crippen LogP contribution in [0.1, 0.15) is 5.56 Å². The van der Waals surface area contributed by atoms with Crippen LogP contribution in [-0.4, -0.2) is 33.0 Å². The molecule has 1 N–H and O–H groups in total. The molecule has 1 aromatic heterocycles. The highest BCUT2D eigenvalue weighted by Gasteiger charge is 2.27. The van der Waals surface area contributed by atoms with Crippen molar-refractivity contribution in [3.05, 3.63) is 83.6 Å². The summed E-state index contributed by atoms with van der Waals surface area (Å²) in [6, 6.07) is 15.8. The van der Waals surface area contributed by atoms with E-state index in [0.29, 0.717) is 16.5 Å². The van der Waals surface area contributed by atoms with Crippen molar-refractivity contribution in [3.63, 3.8) is 0 Å². The monoisotopic (exact) mass is 445 g/mol. The summed E-state index contributed by atoms with van der Waals surface area (Å²) in [5, 5.41) is 3.19. The number of rotatable bonds is 8. The molecule has 1 heterocycles. The van der Waals surface area contributed by atoms with E-state index in [9.17, 15) is 13.2 Å². The van der Waals surface area contributed by atoms with E-state index in [2.05, 4.69) is 10.3 Å². The van der Waals surface area contributed by atoms with Crippen molar-refractivity contribution >= 4 is 33.2 Å². The molecule has 30 heavy (non-hydrogen) atoms. The second kappa shape index (κ2) is 9.60. The van der Waals surface area contributed by atoms with E-state index in [1.165, 1.54) is 19.2 Å². The van der Waals surface area contributed by atoms with Gasteiger partial charge in [0.1, 0.15) is 12.3 Å². The molecule has 0 atom stereocenters. The van der Waals surface area contributed by atoms with E-state index in [4.69, 9.17) is 16.3 Å². The topological polar surface area (TPSA) is 88.6 Å². The van der Waals surface area contributed by atoms with Crippen LogP contribution in [0.3, 0.4) is 0 Å². The van der Waals surface area contributed by atoms with Gasteiger partial charge in [-0.05, 0) is 66.2 Å². The number of ether oxygens (including phenoxy) is 1. The molecule has 9 heteroatoms. The molecular formula is C21H20ClN3O4S. The Morgan fingerprint density at radius 3 is 2.27 bits per heavy atom. The van der Waals surface area contributed by atoms with Crippen LogP contribution in [0.15, 0.2) is 78.0 Å². The van der Waals surface area contributed by atoms with E-state index >= 15 is 0 Å². The van der Waals surface area contributed by atoms with Crippen LogP contribution in [-0.2, 0) is 21.4 Å². The molecule has 0 spiro atoms. The molecule has 0 fully saturated rings. The second-order valence-electron chi connectivity index (χ2n) is 6.30. The van der Waals surface area contributed by atoms with Gasteiger partial charge in [-0.2, -0.15) is 0 Å². The van der Waals surface area contributed by atoms with Crippen LogP contribution in [0.25, 0.3) is 0 Å². The van der Waals surface area contributed by atoms with Crippen molar-refractivity contribution in [1.29, 1.82) is 0 Å². The molecule has 3 aromatic rings. The quantitative estimate of drug-likeness (QED) is 0.575. The zero-order chi connectivity index (χ0) is 21.6. The lowest BCUT2D eigenvalue weighted by molar-refractivity contribution is -0.119. The number of nitrogens with zero attached hydrogens (tertiary/aromatic N) is 2. The van der Waals surface area contributed by atoms with Crippen LogP contribution in [0.4, 0.5) is 5.69 Å². The molecule has 2 aromatic carbocycles. The third kappa shape index (κ3) is 5.28. The van der Waals surface area contributed by atoms with Gasteiger partial charge in [0.15, 0.2) is 0 Å². The normalized spacial score (nSPS) is 11.0. The number of sulfonamides is 1. The number of aromatic nitrogens is 1. The highest BCUT2D eigenvalue weighted by atomic mass is 35.5. The average Bonchev–Trinajstić information content (AvgIpc) is 2.77. The lowest BCUT2D eigenvalue weighted by atomic mass is 10.3. The number of hydrogen-bond donors (Lipinski definition) is 1. The second-order valence-corrected chi connectivity index (χ2v) is 8.59. The number of amides is 1. The van der Waals surface area contributed by atoms with Crippen LogP contribution >= 0.6 is 11.6 Å². The summed E-state index contributed by atoms with van der Waals surface area (Å²) in [5.41, 5.74) is 1.18. The molecule has 0 saturated carbocycles.